The summed E-state index contributed by atoms with van der Waals surface area (Å²) in [4.78, 5) is 16.0. The third kappa shape index (κ3) is 3.71. The fraction of sp³-hybridized carbons (Fsp3) is 0.0769. The standard InChI is InChI=1S/C13H11BrN6O2S/c14-8-3-4-10(16-6-8)17-11(21)7-23-13-19-18-12(20(13)15)9-2-1-5-22-9/h1-6H,7,15H2,(H,16,17,21). The number of anilines is 1. The highest BCUT2D eigenvalue weighted by Gasteiger charge is 2.15. The van der Waals surface area contributed by atoms with Crippen LogP contribution in [0, 0.1) is 0 Å². The number of carbonyl (C=O) groups excluding carboxylic acids is 1. The van der Waals surface area contributed by atoms with Crippen molar-refractivity contribution in [2.24, 2.45) is 0 Å². The Balaban J connectivity index is 1.60. The summed E-state index contributed by atoms with van der Waals surface area (Å²) in [6.07, 6.45) is 3.13. The van der Waals surface area contributed by atoms with E-state index in [-0.39, 0.29) is 11.7 Å². The first-order valence-electron chi connectivity index (χ1n) is 6.42. The van der Waals surface area contributed by atoms with E-state index in [1.54, 1.807) is 30.5 Å². The van der Waals surface area contributed by atoms with Crippen LogP contribution in [0.2, 0.25) is 0 Å². The summed E-state index contributed by atoms with van der Waals surface area (Å²) in [6.45, 7) is 0. The van der Waals surface area contributed by atoms with Gasteiger partial charge in [0.05, 0.1) is 12.0 Å². The second-order valence-corrected chi connectivity index (χ2v) is 6.21. The van der Waals surface area contributed by atoms with E-state index in [9.17, 15) is 4.79 Å². The summed E-state index contributed by atoms with van der Waals surface area (Å²) in [7, 11) is 0. The van der Waals surface area contributed by atoms with Crippen molar-refractivity contribution in [2.75, 3.05) is 16.9 Å². The van der Waals surface area contributed by atoms with Gasteiger partial charge in [0.2, 0.25) is 16.9 Å². The zero-order chi connectivity index (χ0) is 16.2. The van der Waals surface area contributed by atoms with E-state index in [2.05, 4.69) is 36.4 Å². The zero-order valence-electron chi connectivity index (χ0n) is 11.6. The molecule has 3 aromatic heterocycles. The van der Waals surface area contributed by atoms with Crippen molar-refractivity contribution < 1.29 is 9.21 Å². The molecule has 0 aliphatic heterocycles. The molecule has 0 aromatic carbocycles. The van der Waals surface area contributed by atoms with Crippen LogP contribution in [-0.2, 0) is 4.79 Å². The molecule has 1 amide bonds. The minimum atomic E-state index is -0.215. The topological polar surface area (TPSA) is 112 Å². The van der Waals surface area contributed by atoms with Gasteiger partial charge in [0.15, 0.2) is 5.76 Å². The monoisotopic (exact) mass is 394 g/mol. The smallest absolute Gasteiger partial charge is 0.236 e. The Hall–Kier alpha value is -2.33. The molecular weight excluding hydrogens is 384 g/mol. The minimum absolute atomic E-state index is 0.130. The molecule has 3 aromatic rings. The second-order valence-electron chi connectivity index (χ2n) is 4.35. The van der Waals surface area contributed by atoms with Crippen molar-refractivity contribution in [3.05, 3.63) is 41.2 Å². The number of amides is 1. The van der Waals surface area contributed by atoms with Crippen LogP contribution in [0.25, 0.3) is 11.6 Å². The molecule has 0 unspecified atom stereocenters. The van der Waals surface area contributed by atoms with Gasteiger partial charge in [-0.05, 0) is 40.2 Å². The summed E-state index contributed by atoms with van der Waals surface area (Å²) < 4.78 is 7.35. The van der Waals surface area contributed by atoms with Gasteiger partial charge in [-0.15, -0.1) is 10.2 Å². The molecule has 10 heteroatoms. The summed E-state index contributed by atoms with van der Waals surface area (Å²) in [5.41, 5.74) is 0. The van der Waals surface area contributed by atoms with E-state index in [1.165, 1.54) is 22.7 Å². The molecule has 0 aliphatic rings. The fourth-order valence-electron chi connectivity index (χ4n) is 1.71. The van der Waals surface area contributed by atoms with Crippen LogP contribution < -0.4 is 11.2 Å². The first-order valence-corrected chi connectivity index (χ1v) is 8.20. The Bertz CT molecular complexity index is 802. The number of rotatable bonds is 5. The molecule has 0 spiro atoms. The average Bonchev–Trinajstić information content (AvgIpc) is 3.17. The molecule has 0 fully saturated rings. The highest BCUT2D eigenvalue weighted by atomic mass is 79.9. The summed E-state index contributed by atoms with van der Waals surface area (Å²) in [5.74, 6) is 7.21. The summed E-state index contributed by atoms with van der Waals surface area (Å²) in [6, 6.07) is 6.96. The molecule has 3 heterocycles. The Morgan fingerprint density at radius 3 is 2.96 bits per heavy atom. The minimum Gasteiger partial charge on any atom is -0.461 e. The predicted octanol–water partition coefficient (Wildman–Crippen LogP) is 2.14. The van der Waals surface area contributed by atoms with E-state index >= 15 is 0 Å². The van der Waals surface area contributed by atoms with Crippen LogP contribution in [0.15, 0.2) is 50.8 Å². The lowest BCUT2D eigenvalue weighted by Crippen LogP contribution is -2.17. The molecule has 0 atom stereocenters. The van der Waals surface area contributed by atoms with Gasteiger partial charge in [0.25, 0.3) is 0 Å². The molecule has 0 aliphatic carbocycles. The van der Waals surface area contributed by atoms with Gasteiger partial charge < -0.3 is 15.6 Å². The van der Waals surface area contributed by atoms with Gasteiger partial charge in [0, 0.05) is 10.7 Å². The van der Waals surface area contributed by atoms with E-state index in [1.807, 2.05) is 0 Å². The molecule has 3 N–H and O–H groups in total. The number of pyridine rings is 1. The highest BCUT2D eigenvalue weighted by Crippen LogP contribution is 2.21. The summed E-state index contributed by atoms with van der Waals surface area (Å²) in [5, 5.41) is 11.0. The Morgan fingerprint density at radius 1 is 1.39 bits per heavy atom. The Kier molecular flexibility index (Phi) is 4.63. The molecule has 118 valence electrons. The number of hydrogen-bond acceptors (Lipinski definition) is 7. The van der Waals surface area contributed by atoms with Crippen molar-refractivity contribution in [2.45, 2.75) is 5.16 Å². The van der Waals surface area contributed by atoms with Gasteiger partial charge in [0.1, 0.15) is 5.82 Å². The van der Waals surface area contributed by atoms with Crippen LogP contribution in [0.4, 0.5) is 5.82 Å². The third-order valence-corrected chi connectivity index (χ3v) is 4.15. The zero-order valence-corrected chi connectivity index (χ0v) is 14.0. The molecule has 23 heavy (non-hydrogen) atoms. The van der Waals surface area contributed by atoms with Gasteiger partial charge in [-0.25, -0.2) is 9.66 Å². The molecule has 8 nitrogen and oxygen atoms in total. The molecule has 0 radical (unpaired) electrons. The van der Waals surface area contributed by atoms with Gasteiger partial charge in [-0.3, -0.25) is 4.79 Å². The van der Waals surface area contributed by atoms with Crippen molar-refractivity contribution >= 4 is 39.4 Å². The number of thioether (sulfide) groups is 1. The number of furan rings is 1. The lowest BCUT2D eigenvalue weighted by molar-refractivity contribution is -0.113. The van der Waals surface area contributed by atoms with Crippen molar-refractivity contribution in [1.82, 2.24) is 19.9 Å². The molecule has 0 bridgehead atoms. The van der Waals surface area contributed by atoms with E-state index in [4.69, 9.17) is 10.3 Å². The van der Waals surface area contributed by atoms with Gasteiger partial charge in [-0.2, -0.15) is 0 Å². The highest BCUT2D eigenvalue weighted by molar-refractivity contribution is 9.10. The van der Waals surface area contributed by atoms with Crippen LogP contribution in [0.3, 0.4) is 0 Å². The Labute approximate surface area is 143 Å². The maximum atomic E-state index is 11.9. The number of carbonyl (C=O) groups is 1. The SMILES string of the molecule is Nn1c(SCC(=O)Nc2ccc(Br)cn2)nnc1-c1ccco1. The predicted molar refractivity (Wildman–Crippen MR) is 89.2 cm³/mol. The second kappa shape index (κ2) is 6.84. The number of nitrogens with zero attached hydrogens (tertiary/aromatic N) is 4. The van der Waals surface area contributed by atoms with Crippen molar-refractivity contribution in [1.29, 1.82) is 0 Å². The first kappa shape index (κ1) is 15.6. The summed E-state index contributed by atoms with van der Waals surface area (Å²) >= 11 is 4.45. The lowest BCUT2D eigenvalue weighted by Gasteiger charge is -2.04. The lowest BCUT2D eigenvalue weighted by atomic mass is 10.4. The molecule has 0 saturated carbocycles. The third-order valence-electron chi connectivity index (χ3n) is 2.73. The van der Waals surface area contributed by atoms with Crippen molar-refractivity contribution in [3.8, 4) is 11.6 Å². The van der Waals surface area contributed by atoms with E-state index < -0.39 is 0 Å². The van der Waals surface area contributed by atoms with Gasteiger partial charge in [-0.1, -0.05) is 11.8 Å². The number of halogens is 1. The first-order chi connectivity index (χ1) is 11.1. The maximum absolute atomic E-state index is 11.9. The number of aromatic nitrogens is 4. The maximum Gasteiger partial charge on any atom is 0.236 e. The number of nitrogen functional groups attached to an aromatic ring is 1. The molecule has 3 rings (SSSR count). The average molecular weight is 395 g/mol. The number of hydrogen-bond donors (Lipinski definition) is 2. The largest absolute Gasteiger partial charge is 0.461 e. The van der Waals surface area contributed by atoms with Gasteiger partial charge >= 0.3 is 0 Å². The fourth-order valence-corrected chi connectivity index (χ4v) is 2.60. The van der Waals surface area contributed by atoms with Crippen LogP contribution >= 0.6 is 27.7 Å². The van der Waals surface area contributed by atoms with Crippen LogP contribution in [0.5, 0.6) is 0 Å². The number of nitrogens with one attached hydrogen (secondary N) is 1. The van der Waals surface area contributed by atoms with Crippen LogP contribution in [-0.4, -0.2) is 31.5 Å². The van der Waals surface area contributed by atoms with Crippen LogP contribution in [0.1, 0.15) is 0 Å². The normalized spacial score (nSPS) is 10.7. The van der Waals surface area contributed by atoms with Crippen molar-refractivity contribution in [3.63, 3.8) is 0 Å². The molecular formula is C13H11BrN6O2S. The van der Waals surface area contributed by atoms with E-state index in [0.29, 0.717) is 22.6 Å². The Morgan fingerprint density at radius 2 is 2.26 bits per heavy atom. The quantitative estimate of drug-likeness (QED) is 0.503. The van der Waals surface area contributed by atoms with E-state index in [0.717, 1.165) is 4.47 Å². The molecule has 0 saturated heterocycles. The number of nitrogens with two attached hydrogens (primary N) is 1.